The van der Waals surface area contributed by atoms with E-state index in [4.69, 9.17) is 5.26 Å². The average Bonchev–Trinajstić information content (AvgIpc) is 2.63. The van der Waals surface area contributed by atoms with E-state index >= 15 is 0 Å². The lowest BCUT2D eigenvalue weighted by Crippen LogP contribution is -3.15. The van der Waals surface area contributed by atoms with Gasteiger partial charge in [0.25, 0.3) is 5.91 Å². The van der Waals surface area contributed by atoms with Gasteiger partial charge in [0, 0.05) is 18.1 Å². The summed E-state index contributed by atoms with van der Waals surface area (Å²) in [5.74, 6) is 0.707. The molecule has 2 heterocycles. The van der Waals surface area contributed by atoms with E-state index in [2.05, 4.69) is 26.3 Å². The van der Waals surface area contributed by atoms with E-state index < -0.39 is 0 Å². The maximum Gasteiger partial charge on any atom is 0.279 e. The Hall–Kier alpha value is -2.98. The van der Waals surface area contributed by atoms with Gasteiger partial charge in [0.05, 0.1) is 37.8 Å². The quantitative estimate of drug-likeness (QED) is 0.806. The van der Waals surface area contributed by atoms with E-state index in [9.17, 15) is 4.79 Å². The lowest BCUT2D eigenvalue weighted by atomic mass is 10.2. The van der Waals surface area contributed by atoms with Crippen molar-refractivity contribution in [2.24, 2.45) is 0 Å². The molecule has 1 aliphatic heterocycles. The monoisotopic (exact) mass is 323 g/mol. The molecule has 1 aliphatic rings. The SMILES string of the molecule is N#Cc1cccc(NC(=O)C[NH+]2CCN(c3ncccn3)CC2)c1. The highest BCUT2D eigenvalue weighted by molar-refractivity contribution is 5.91. The number of hydrogen-bond acceptors (Lipinski definition) is 5. The molecule has 1 amide bonds. The number of benzene rings is 1. The molecule has 1 saturated heterocycles. The second-order valence-corrected chi connectivity index (χ2v) is 5.70. The molecule has 122 valence electrons. The Labute approximate surface area is 140 Å². The van der Waals surface area contributed by atoms with Crippen LogP contribution in [0, 0.1) is 11.3 Å². The lowest BCUT2D eigenvalue weighted by Gasteiger charge is -2.31. The molecule has 7 heteroatoms. The van der Waals surface area contributed by atoms with Gasteiger partial charge in [-0.05, 0) is 24.3 Å². The topological polar surface area (TPSA) is 86.4 Å². The Morgan fingerprint density at radius 3 is 2.71 bits per heavy atom. The van der Waals surface area contributed by atoms with Crippen molar-refractivity contribution in [3.8, 4) is 6.07 Å². The standard InChI is InChI=1S/C17H18N6O/c18-12-14-3-1-4-15(11-14)21-16(24)13-22-7-9-23(10-8-22)17-19-5-2-6-20-17/h1-6,11H,7-10,13H2,(H,21,24)/p+1. The number of anilines is 2. The number of nitriles is 1. The number of nitrogens with one attached hydrogen (secondary N) is 2. The number of amides is 1. The van der Waals surface area contributed by atoms with Crippen molar-refractivity contribution in [2.45, 2.75) is 0 Å². The van der Waals surface area contributed by atoms with Crippen LogP contribution in [-0.4, -0.2) is 48.6 Å². The van der Waals surface area contributed by atoms with Crippen LogP contribution in [0.3, 0.4) is 0 Å². The Balaban J connectivity index is 1.49. The Kier molecular flexibility index (Phi) is 4.99. The van der Waals surface area contributed by atoms with Crippen LogP contribution in [-0.2, 0) is 4.79 Å². The van der Waals surface area contributed by atoms with Gasteiger partial charge in [-0.15, -0.1) is 0 Å². The van der Waals surface area contributed by atoms with E-state index in [0.29, 0.717) is 17.8 Å². The predicted octanol–water partition coefficient (Wildman–Crippen LogP) is -0.308. The van der Waals surface area contributed by atoms with Gasteiger partial charge in [-0.2, -0.15) is 5.26 Å². The van der Waals surface area contributed by atoms with Gasteiger partial charge in [-0.1, -0.05) is 6.07 Å². The molecule has 24 heavy (non-hydrogen) atoms. The normalized spacial score (nSPS) is 14.9. The van der Waals surface area contributed by atoms with Crippen LogP contribution in [0.2, 0.25) is 0 Å². The maximum atomic E-state index is 12.2. The van der Waals surface area contributed by atoms with Crippen LogP contribution < -0.4 is 15.1 Å². The molecule has 2 aromatic rings. The molecule has 2 N–H and O–H groups in total. The number of hydrogen-bond donors (Lipinski definition) is 2. The first-order valence-corrected chi connectivity index (χ1v) is 7.90. The van der Waals surface area contributed by atoms with Gasteiger partial charge < -0.3 is 15.1 Å². The van der Waals surface area contributed by atoms with E-state index in [1.807, 2.05) is 0 Å². The molecule has 1 aromatic heterocycles. The minimum Gasteiger partial charge on any atom is -0.330 e. The van der Waals surface area contributed by atoms with Crippen molar-refractivity contribution in [1.29, 1.82) is 5.26 Å². The van der Waals surface area contributed by atoms with Crippen molar-refractivity contribution >= 4 is 17.5 Å². The van der Waals surface area contributed by atoms with Gasteiger partial charge in [-0.3, -0.25) is 4.79 Å². The summed E-state index contributed by atoms with van der Waals surface area (Å²) in [6, 6.07) is 10.8. The fourth-order valence-electron chi connectivity index (χ4n) is 2.75. The zero-order valence-corrected chi connectivity index (χ0v) is 13.3. The van der Waals surface area contributed by atoms with E-state index in [-0.39, 0.29) is 5.91 Å². The van der Waals surface area contributed by atoms with Crippen molar-refractivity contribution in [1.82, 2.24) is 9.97 Å². The third-order valence-corrected chi connectivity index (χ3v) is 3.99. The Morgan fingerprint density at radius 2 is 2.00 bits per heavy atom. The smallest absolute Gasteiger partial charge is 0.279 e. The first-order valence-electron chi connectivity index (χ1n) is 7.90. The van der Waals surface area contributed by atoms with Crippen LogP contribution in [0.4, 0.5) is 11.6 Å². The molecule has 0 aliphatic carbocycles. The number of piperazine rings is 1. The van der Waals surface area contributed by atoms with Crippen LogP contribution in [0.5, 0.6) is 0 Å². The summed E-state index contributed by atoms with van der Waals surface area (Å²) in [7, 11) is 0. The molecule has 0 radical (unpaired) electrons. The Morgan fingerprint density at radius 1 is 1.25 bits per heavy atom. The Bertz CT molecular complexity index is 734. The minimum atomic E-state index is -0.0375. The molecule has 0 atom stereocenters. The summed E-state index contributed by atoms with van der Waals surface area (Å²) in [6.07, 6.45) is 3.48. The van der Waals surface area contributed by atoms with Crippen LogP contribution >= 0.6 is 0 Å². The summed E-state index contributed by atoms with van der Waals surface area (Å²) in [5.41, 5.74) is 1.20. The summed E-state index contributed by atoms with van der Waals surface area (Å²) in [5, 5.41) is 11.8. The number of carbonyl (C=O) groups is 1. The second kappa shape index (κ2) is 7.53. The summed E-state index contributed by atoms with van der Waals surface area (Å²) < 4.78 is 0. The van der Waals surface area contributed by atoms with Gasteiger partial charge in [0.15, 0.2) is 6.54 Å². The second-order valence-electron chi connectivity index (χ2n) is 5.70. The highest BCUT2D eigenvalue weighted by Gasteiger charge is 2.23. The van der Waals surface area contributed by atoms with Crippen molar-refractivity contribution in [2.75, 3.05) is 42.9 Å². The molecule has 3 rings (SSSR count). The first kappa shape index (κ1) is 15.9. The van der Waals surface area contributed by atoms with Gasteiger partial charge in [0.1, 0.15) is 0 Å². The van der Waals surface area contributed by atoms with Gasteiger partial charge in [0.2, 0.25) is 5.95 Å². The number of quaternary nitrogens is 1. The molecule has 7 nitrogen and oxygen atoms in total. The fourth-order valence-corrected chi connectivity index (χ4v) is 2.75. The van der Waals surface area contributed by atoms with Crippen molar-refractivity contribution in [3.05, 3.63) is 48.3 Å². The van der Waals surface area contributed by atoms with E-state index in [1.165, 1.54) is 4.90 Å². The van der Waals surface area contributed by atoms with Crippen LogP contribution in [0.1, 0.15) is 5.56 Å². The summed E-state index contributed by atoms with van der Waals surface area (Å²) >= 11 is 0. The zero-order valence-electron chi connectivity index (χ0n) is 13.3. The number of carbonyl (C=O) groups excluding carboxylic acids is 1. The van der Waals surface area contributed by atoms with Crippen molar-refractivity contribution in [3.63, 3.8) is 0 Å². The number of aromatic nitrogens is 2. The molecule has 0 bridgehead atoms. The maximum absolute atomic E-state index is 12.2. The van der Waals surface area contributed by atoms with Crippen molar-refractivity contribution < 1.29 is 9.69 Å². The lowest BCUT2D eigenvalue weighted by molar-refractivity contribution is -0.892. The molecule has 0 saturated carbocycles. The van der Waals surface area contributed by atoms with Gasteiger partial charge in [-0.25, -0.2) is 9.97 Å². The summed E-state index contributed by atoms with van der Waals surface area (Å²) in [4.78, 5) is 24.1. The van der Waals surface area contributed by atoms with Gasteiger partial charge >= 0.3 is 0 Å². The first-order chi connectivity index (χ1) is 11.7. The molecule has 1 fully saturated rings. The van der Waals surface area contributed by atoms with E-state index in [0.717, 1.165) is 32.1 Å². The minimum absolute atomic E-state index is 0.0375. The summed E-state index contributed by atoms with van der Waals surface area (Å²) in [6.45, 7) is 3.81. The highest BCUT2D eigenvalue weighted by atomic mass is 16.2. The van der Waals surface area contributed by atoms with Crippen LogP contribution in [0.25, 0.3) is 0 Å². The van der Waals surface area contributed by atoms with Crippen LogP contribution in [0.15, 0.2) is 42.7 Å². The number of rotatable bonds is 4. The molecular weight excluding hydrogens is 304 g/mol. The molecule has 0 spiro atoms. The zero-order chi connectivity index (χ0) is 16.8. The third kappa shape index (κ3) is 4.06. The average molecular weight is 323 g/mol. The predicted molar refractivity (Wildman–Crippen MR) is 89.6 cm³/mol. The largest absolute Gasteiger partial charge is 0.330 e. The molecule has 1 aromatic carbocycles. The molecular formula is C17H19N6O+. The van der Waals surface area contributed by atoms with E-state index in [1.54, 1.807) is 42.7 Å². The molecule has 0 unspecified atom stereocenters. The highest BCUT2D eigenvalue weighted by Crippen LogP contribution is 2.09. The number of nitrogens with zero attached hydrogens (tertiary/aromatic N) is 4. The fraction of sp³-hybridized carbons (Fsp3) is 0.294. The third-order valence-electron chi connectivity index (χ3n) is 3.99.